The topological polar surface area (TPSA) is 3.24 Å². The molecule has 5 aromatic carbocycles. The number of rotatable bonds is 4. The number of benzene rings is 5. The molecule has 0 bridgehead atoms. The second-order valence-electron chi connectivity index (χ2n) is 7.80. The van der Waals surface area contributed by atoms with E-state index in [2.05, 4.69) is 83.8 Å². The Morgan fingerprint density at radius 3 is 2.24 bits per heavy atom. The average Bonchev–Trinajstić information content (AvgIpc) is 3.25. The fourth-order valence-electron chi connectivity index (χ4n) is 4.24. The van der Waals surface area contributed by atoms with Crippen LogP contribution in [0.2, 0.25) is 5.02 Å². The number of nitrogens with zero attached hydrogens (tertiary/aromatic N) is 1. The molecule has 6 aromatic rings. The molecule has 0 atom stereocenters. The monoisotopic (exact) mass is 697 g/mol. The third-order valence-corrected chi connectivity index (χ3v) is 7.18. The molecule has 1 heterocycles. The summed E-state index contributed by atoms with van der Waals surface area (Å²) < 4.78 is 2.42. The Morgan fingerprint density at radius 2 is 1.41 bits per heavy atom. The fourth-order valence-corrected chi connectivity index (χ4v) is 5.74. The van der Waals surface area contributed by atoms with Crippen LogP contribution in [0.5, 0.6) is 0 Å². The Hall–Kier alpha value is -2.54. The zero-order valence-corrected chi connectivity index (χ0v) is 23.9. The maximum Gasteiger partial charge on any atom is 2.00 e. The largest absolute Gasteiger partial charge is 2.00 e. The summed E-state index contributed by atoms with van der Waals surface area (Å²) in [5.74, 6) is 0. The molecule has 0 fully saturated rings. The minimum Gasteiger partial charge on any atom is -0.329 e. The van der Waals surface area contributed by atoms with E-state index < -0.39 is 0 Å². The number of thiophene rings is 1. The predicted octanol–water partition coefficient (Wildman–Crippen LogP) is 9.45. The van der Waals surface area contributed by atoms with Crippen LogP contribution in [0, 0.1) is 43.2 Å². The van der Waals surface area contributed by atoms with E-state index in [1.165, 1.54) is 14.8 Å². The summed E-state index contributed by atoms with van der Waals surface area (Å²) in [6.45, 7) is 0. The van der Waals surface area contributed by atoms with Crippen molar-refractivity contribution in [1.29, 1.82) is 0 Å². The van der Waals surface area contributed by atoms with E-state index in [-0.39, 0.29) is 31.1 Å². The molecule has 0 saturated heterocycles. The van der Waals surface area contributed by atoms with Crippen molar-refractivity contribution in [3.63, 3.8) is 0 Å². The Morgan fingerprint density at radius 1 is 0.618 bits per heavy atom. The average molecular weight is 698 g/mol. The summed E-state index contributed by atoms with van der Waals surface area (Å²) in [5, 5.41) is 3.13. The molecule has 0 radical (unpaired) electrons. The van der Waals surface area contributed by atoms with Gasteiger partial charge in [0.25, 0.3) is 0 Å². The van der Waals surface area contributed by atoms with Crippen LogP contribution in [-0.2, 0) is 0 Å². The van der Waals surface area contributed by atoms with Crippen LogP contribution in [0.1, 0.15) is 0 Å². The van der Waals surface area contributed by atoms with Gasteiger partial charge in [0, 0.05) is 36.6 Å². The zero-order valence-electron chi connectivity index (χ0n) is 18.1. The van der Waals surface area contributed by atoms with Crippen molar-refractivity contribution in [2.24, 2.45) is 0 Å². The molecule has 0 amide bonds. The van der Waals surface area contributed by atoms with Crippen molar-refractivity contribution in [3.05, 3.63) is 126 Å². The number of hydrogen-bond acceptors (Lipinski definition) is 2. The summed E-state index contributed by atoms with van der Waals surface area (Å²) in [4.78, 5) is 2.28. The first kappa shape index (κ1) is 23.2. The molecule has 4 heteroatoms. The van der Waals surface area contributed by atoms with Gasteiger partial charge in [-0.2, -0.15) is 42.5 Å². The van der Waals surface area contributed by atoms with Gasteiger partial charge in [-0.25, -0.2) is 11.1 Å². The van der Waals surface area contributed by atoms with Crippen molar-refractivity contribution < 1.29 is 31.1 Å². The van der Waals surface area contributed by atoms with E-state index in [1.807, 2.05) is 42.5 Å². The molecule has 34 heavy (non-hydrogen) atoms. The van der Waals surface area contributed by atoms with E-state index in [0.29, 0.717) is 0 Å². The van der Waals surface area contributed by atoms with Crippen molar-refractivity contribution >= 4 is 60.2 Å². The molecule has 0 saturated carbocycles. The molecule has 0 unspecified atom stereocenters. The van der Waals surface area contributed by atoms with Gasteiger partial charge in [-0.15, -0.1) is 23.5 Å². The first-order valence-corrected chi connectivity index (χ1v) is 11.9. The molecule has 0 N–H and O–H groups in total. The van der Waals surface area contributed by atoms with Crippen LogP contribution in [0.15, 0.2) is 109 Å². The van der Waals surface area contributed by atoms with Crippen molar-refractivity contribution in [1.82, 2.24) is 0 Å². The van der Waals surface area contributed by atoms with Gasteiger partial charge < -0.3 is 4.90 Å². The molecule has 1 nitrogen and oxygen atoms in total. The van der Waals surface area contributed by atoms with Crippen molar-refractivity contribution in [2.75, 3.05) is 4.90 Å². The van der Waals surface area contributed by atoms with E-state index in [0.717, 1.165) is 38.6 Å². The quantitative estimate of drug-likeness (QED) is 0.166. The first-order valence-electron chi connectivity index (χ1n) is 10.7. The molecule has 1 aromatic heterocycles. The maximum atomic E-state index is 6.54. The van der Waals surface area contributed by atoms with Crippen LogP contribution in [-0.4, -0.2) is 0 Å². The standard InChI is InChI=1S/C30H18ClNS.U/c31-27-15-8-16-28-30(27)26-18-17-25(20-29(26)33-28)32(23-12-5-2-6-13-23)24-14-7-11-22(19-24)21-9-3-1-4-10-21;/h1-9,12-20H;/q-2;+2. The normalized spacial score (nSPS) is 10.9. The Bertz CT molecular complexity index is 1580. The smallest absolute Gasteiger partial charge is 0.329 e. The van der Waals surface area contributed by atoms with E-state index in [9.17, 15) is 0 Å². The number of halogens is 1. The van der Waals surface area contributed by atoms with Crippen LogP contribution >= 0.6 is 22.9 Å². The van der Waals surface area contributed by atoms with Crippen LogP contribution in [0.25, 0.3) is 31.3 Å². The summed E-state index contributed by atoms with van der Waals surface area (Å²) in [5.41, 5.74) is 5.33. The summed E-state index contributed by atoms with van der Waals surface area (Å²) >= 11 is 8.31. The van der Waals surface area contributed by atoms with E-state index in [1.54, 1.807) is 11.3 Å². The maximum absolute atomic E-state index is 6.54. The van der Waals surface area contributed by atoms with E-state index >= 15 is 0 Å². The second kappa shape index (κ2) is 9.98. The fraction of sp³-hybridized carbons (Fsp3) is 0. The Labute approximate surface area is 232 Å². The summed E-state index contributed by atoms with van der Waals surface area (Å²) in [7, 11) is 0. The van der Waals surface area contributed by atoms with Gasteiger partial charge in [-0.3, -0.25) is 0 Å². The Kier molecular flexibility index (Phi) is 6.82. The van der Waals surface area contributed by atoms with Crippen LogP contribution < -0.4 is 4.90 Å². The number of anilines is 3. The first-order chi connectivity index (χ1) is 16.3. The third kappa shape index (κ3) is 4.30. The van der Waals surface area contributed by atoms with Gasteiger partial charge in [-0.05, 0) is 42.1 Å². The van der Waals surface area contributed by atoms with Gasteiger partial charge in [0.15, 0.2) is 0 Å². The zero-order chi connectivity index (χ0) is 22.2. The van der Waals surface area contributed by atoms with Gasteiger partial charge in [0.2, 0.25) is 0 Å². The van der Waals surface area contributed by atoms with Crippen LogP contribution in [0.4, 0.5) is 17.1 Å². The molecular weight excluding hydrogens is 680 g/mol. The third-order valence-electron chi connectivity index (χ3n) is 5.75. The second-order valence-corrected chi connectivity index (χ2v) is 9.29. The minimum atomic E-state index is 0. The molecule has 160 valence electrons. The molecule has 6 rings (SSSR count). The van der Waals surface area contributed by atoms with Gasteiger partial charge in [0.05, 0.1) is 0 Å². The Balaban J connectivity index is 0.00000241. The summed E-state index contributed by atoms with van der Waals surface area (Å²) in [6.07, 6.45) is 0. The molecule has 0 aliphatic heterocycles. The minimum absolute atomic E-state index is 0. The number of fused-ring (bicyclic) bond motifs is 3. The molecule has 0 aliphatic rings. The van der Waals surface area contributed by atoms with Gasteiger partial charge >= 0.3 is 31.1 Å². The predicted molar refractivity (Wildman–Crippen MR) is 142 cm³/mol. The SMILES string of the molecule is Clc1cccc2sc3cc(N(c4ccccc4)c4cc[c-]c(-c5[c-]cccc5)c4)ccc3c12.[U+2]. The number of para-hydroxylation sites is 1. The van der Waals surface area contributed by atoms with Crippen LogP contribution in [0.3, 0.4) is 0 Å². The molecule has 0 spiro atoms. The van der Waals surface area contributed by atoms with Gasteiger partial charge in [0.1, 0.15) is 0 Å². The van der Waals surface area contributed by atoms with Crippen molar-refractivity contribution in [2.45, 2.75) is 0 Å². The molecule has 0 aliphatic carbocycles. The van der Waals surface area contributed by atoms with E-state index in [4.69, 9.17) is 11.6 Å². The summed E-state index contributed by atoms with van der Waals surface area (Å²) in [6, 6.07) is 44.1. The van der Waals surface area contributed by atoms with Gasteiger partial charge in [-0.1, -0.05) is 41.9 Å². The number of hydrogen-bond donors (Lipinski definition) is 0. The molecular formula is C30H18ClNSU. The van der Waals surface area contributed by atoms with Crippen molar-refractivity contribution in [3.8, 4) is 11.1 Å².